The largest absolute Gasteiger partial charge is 0.477 e. The van der Waals surface area contributed by atoms with Crippen molar-refractivity contribution < 1.29 is 24.6 Å². The predicted molar refractivity (Wildman–Crippen MR) is 101 cm³/mol. The first-order chi connectivity index (χ1) is 12.7. The first-order valence-corrected chi connectivity index (χ1v) is 10.2. The Morgan fingerprint density at radius 2 is 2.07 bits per heavy atom. The second kappa shape index (κ2) is 7.44. The number of nitrogens with one attached hydrogen (secondary N) is 1. The number of aliphatic carboxylic acids is 1. The third kappa shape index (κ3) is 3.25. The Hall–Kier alpha value is -1.58. The van der Waals surface area contributed by atoms with Crippen LogP contribution in [0, 0.1) is 11.8 Å². The van der Waals surface area contributed by atoms with E-state index < -0.39 is 18.0 Å². The van der Waals surface area contributed by atoms with Crippen LogP contribution in [-0.4, -0.2) is 81.9 Å². The Morgan fingerprint density at radius 1 is 1.41 bits per heavy atom. The van der Waals surface area contributed by atoms with Gasteiger partial charge in [0.05, 0.1) is 24.1 Å². The molecule has 3 aliphatic heterocycles. The van der Waals surface area contributed by atoms with Crippen molar-refractivity contribution in [1.29, 1.82) is 0 Å². The van der Waals surface area contributed by atoms with Gasteiger partial charge in [-0.15, -0.1) is 11.8 Å². The maximum absolute atomic E-state index is 12.5. The highest BCUT2D eigenvalue weighted by Crippen LogP contribution is 2.52. The number of amides is 2. The van der Waals surface area contributed by atoms with Gasteiger partial charge in [-0.05, 0) is 12.8 Å². The first kappa shape index (κ1) is 20.2. The van der Waals surface area contributed by atoms with E-state index in [0.29, 0.717) is 24.3 Å². The third-order valence-corrected chi connectivity index (χ3v) is 7.26. The van der Waals surface area contributed by atoms with Crippen molar-refractivity contribution in [2.24, 2.45) is 11.8 Å². The number of hydrogen-bond acceptors (Lipinski definition) is 6. The zero-order valence-electron chi connectivity index (χ0n) is 16.0. The topological polar surface area (TPSA) is 110 Å². The van der Waals surface area contributed by atoms with E-state index in [1.165, 1.54) is 16.7 Å². The highest BCUT2D eigenvalue weighted by molar-refractivity contribution is 8.03. The van der Waals surface area contributed by atoms with E-state index in [0.717, 1.165) is 0 Å². The summed E-state index contributed by atoms with van der Waals surface area (Å²) in [7, 11) is 3.43. The lowest BCUT2D eigenvalue weighted by Crippen LogP contribution is -2.64. The summed E-state index contributed by atoms with van der Waals surface area (Å²) < 4.78 is 0. The normalized spacial score (nSPS) is 33.7. The number of aliphatic hydroxyl groups is 1. The molecule has 0 aliphatic carbocycles. The predicted octanol–water partition coefficient (Wildman–Crippen LogP) is 0.0821. The molecular formula is C18H27N3O5S. The molecule has 3 aliphatic rings. The average Bonchev–Trinajstić information content (AvgIpc) is 3.17. The van der Waals surface area contributed by atoms with Crippen LogP contribution < -0.4 is 5.32 Å². The zero-order chi connectivity index (χ0) is 20.0. The SMILES string of the molecule is CC[C@H](O)[C@H]1C(=O)N2C(C(=O)O)=C(S[C@@H]3CN[C@H](C(=O)N(C)C)C3)[C@H](C)[C@H]12. The molecule has 2 saturated heterocycles. The number of carbonyl (C=O) groups excluding carboxylic acids is 2. The second-order valence-electron chi connectivity index (χ2n) is 7.68. The number of aliphatic hydroxyl groups excluding tert-OH is 1. The van der Waals surface area contributed by atoms with Gasteiger partial charge in [-0.3, -0.25) is 9.59 Å². The van der Waals surface area contributed by atoms with Crippen molar-refractivity contribution in [2.45, 2.75) is 50.1 Å². The van der Waals surface area contributed by atoms with Crippen LogP contribution >= 0.6 is 11.8 Å². The lowest BCUT2D eigenvalue weighted by molar-refractivity contribution is -0.164. The molecule has 0 aromatic carbocycles. The number of carbonyl (C=O) groups is 3. The van der Waals surface area contributed by atoms with E-state index in [1.807, 2.05) is 13.8 Å². The monoisotopic (exact) mass is 397 g/mol. The molecule has 0 unspecified atom stereocenters. The Kier molecular flexibility index (Phi) is 5.56. The summed E-state index contributed by atoms with van der Waals surface area (Å²) in [6.07, 6.45) is 0.319. The van der Waals surface area contributed by atoms with Crippen molar-refractivity contribution in [3.8, 4) is 0 Å². The smallest absolute Gasteiger partial charge is 0.353 e. The molecule has 6 atom stereocenters. The Morgan fingerprint density at radius 3 is 2.63 bits per heavy atom. The number of carboxylic acid groups (broad SMARTS) is 1. The van der Waals surface area contributed by atoms with Crippen LogP contribution in [-0.2, 0) is 14.4 Å². The number of rotatable bonds is 6. The van der Waals surface area contributed by atoms with Crippen molar-refractivity contribution in [3.05, 3.63) is 10.6 Å². The molecular weight excluding hydrogens is 370 g/mol. The second-order valence-corrected chi connectivity index (χ2v) is 9.02. The molecule has 0 saturated carbocycles. The van der Waals surface area contributed by atoms with Crippen LogP contribution in [0.4, 0.5) is 0 Å². The molecule has 0 aromatic heterocycles. The third-order valence-electron chi connectivity index (χ3n) is 5.75. The molecule has 3 N–H and O–H groups in total. The van der Waals surface area contributed by atoms with Gasteiger partial charge < -0.3 is 25.3 Å². The van der Waals surface area contributed by atoms with Crippen molar-refractivity contribution in [1.82, 2.24) is 15.1 Å². The van der Waals surface area contributed by atoms with Gasteiger partial charge in [-0.2, -0.15) is 0 Å². The molecule has 9 heteroatoms. The van der Waals surface area contributed by atoms with E-state index in [4.69, 9.17) is 0 Å². The van der Waals surface area contributed by atoms with Crippen molar-refractivity contribution >= 4 is 29.5 Å². The lowest BCUT2D eigenvalue weighted by Gasteiger charge is -2.46. The van der Waals surface area contributed by atoms with Crippen LogP contribution in [0.25, 0.3) is 0 Å². The minimum atomic E-state index is -1.11. The highest BCUT2D eigenvalue weighted by Gasteiger charge is 2.60. The Balaban J connectivity index is 1.78. The molecule has 0 spiro atoms. The van der Waals surface area contributed by atoms with Crippen molar-refractivity contribution in [3.63, 3.8) is 0 Å². The number of thioether (sulfide) groups is 1. The van der Waals surface area contributed by atoms with Gasteiger partial charge in [-0.25, -0.2) is 4.79 Å². The molecule has 0 radical (unpaired) electrons. The minimum absolute atomic E-state index is 0.00939. The van der Waals surface area contributed by atoms with Gasteiger partial charge in [0.15, 0.2) is 0 Å². The van der Waals surface area contributed by atoms with Gasteiger partial charge >= 0.3 is 5.97 Å². The highest BCUT2D eigenvalue weighted by atomic mass is 32.2. The molecule has 8 nitrogen and oxygen atoms in total. The summed E-state index contributed by atoms with van der Waals surface area (Å²) in [5, 5.41) is 23.2. The molecule has 150 valence electrons. The lowest BCUT2D eigenvalue weighted by atomic mass is 9.78. The number of carboxylic acids is 1. The number of hydrogen-bond donors (Lipinski definition) is 3. The summed E-state index contributed by atoms with van der Waals surface area (Å²) in [4.78, 5) is 40.1. The maximum Gasteiger partial charge on any atom is 0.353 e. The average molecular weight is 397 g/mol. The number of nitrogens with zero attached hydrogens (tertiary/aromatic N) is 2. The van der Waals surface area contributed by atoms with Gasteiger partial charge in [0, 0.05) is 36.7 Å². The molecule has 0 bridgehead atoms. The van der Waals surface area contributed by atoms with Gasteiger partial charge in [0.2, 0.25) is 11.8 Å². The van der Waals surface area contributed by atoms with E-state index in [2.05, 4.69) is 5.32 Å². The molecule has 0 aromatic rings. The van der Waals surface area contributed by atoms with Crippen LogP contribution in [0.5, 0.6) is 0 Å². The fraction of sp³-hybridized carbons (Fsp3) is 0.722. The van der Waals surface area contributed by atoms with Crippen molar-refractivity contribution in [2.75, 3.05) is 20.6 Å². The Labute approximate surface area is 163 Å². The van der Waals surface area contributed by atoms with Gasteiger partial charge in [-0.1, -0.05) is 13.8 Å². The van der Waals surface area contributed by atoms with Gasteiger partial charge in [0.1, 0.15) is 5.70 Å². The van der Waals surface area contributed by atoms with E-state index in [-0.39, 0.29) is 40.8 Å². The van der Waals surface area contributed by atoms with E-state index in [1.54, 1.807) is 19.0 Å². The minimum Gasteiger partial charge on any atom is -0.477 e. The molecule has 27 heavy (non-hydrogen) atoms. The molecule has 3 heterocycles. The van der Waals surface area contributed by atoms with Crippen LogP contribution in [0.15, 0.2) is 10.6 Å². The molecule has 2 fully saturated rings. The van der Waals surface area contributed by atoms with Gasteiger partial charge in [0.25, 0.3) is 0 Å². The Bertz CT molecular complexity index is 694. The van der Waals surface area contributed by atoms with Crippen LogP contribution in [0.1, 0.15) is 26.7 Å². The maximum atomic E-state index is 12.5. The number of fused-ring (bicyclic) bond motifs is 1. The van der Waals surface area contributed by atoms with Crippen LogP contribution in [0.3, 0.4) is 0 Å². The number of likely N-dealkylation sites (N-methyl/N-ethyl adjacent to an activating group) is 1. The molecule has 2 amide bonds. The zero-order valence-corrected chi connectivity index (χ0v) is 16.8. The van der Waals surface area contributed by atoms with Crippen LogP contribution in [0.2, 0.25) is 0 Å². The molecule has 3 rings (SSSR count). The summed E-state index contributed by atoms with van der Waals surface area (Å²) in [5.41, 5.74) is 0.0458. The summed E-state index contributed by atoms with van der Waals surface area (Å²) >= 11 is 1.45. The summed E-state index contributed by atoms with van der Waals surface area (Å²) in [6.45, 7) is 4.34. The fourth-order valence-electron chi connectivity index (χ4n) is 4.31. The quantitative estimate of drug-likeness (QED) is 0.545. The van der Waals surface area contributed by atoms with E-state index in [9.17, 15) is 24.6 Å². The fourth-order valence-corrected chi connectivity index (χ4v) is 5.78. The standard InChI is InChI=1S/C18H27N3O5S/c1-5-11(22)12-13-8(2)15(14(18(25)26)21(13)17(12)24)27-9-6-10(19-7-9)16(23)20(3)4/h8-13,19,22H,5-7H2,1-4H3,(H,25,26)/t8-,9+,10+,11+,12-,13-/m1/s1. The summed E-state index contributed by atoms with van der Waals surface area (Å²) in [6, 6.07) is -0.564. The summed E-state index contributed by atoms with van der Waals surface area (Å²) in [5.74, 6) is -2.10. The number of β-lactam (4-membered cyclic amide) rings is 1. The first-order valence-electron chi connectivity index (χ1n) is 9.28. The van der Waals surface area contributed by atoms with E-state index >= 15 is 0 Å².